The van der Waals surface area contributed by atoms with E-state index in [4.69, 9.17) is 11.6 Å². The first kappa shape index (κ1) is 13.4. The Kier molecular flexibility index (Phi) is 3.97. The Morgan fingerprint density at radius 1 is 1.33 bits per heavy atom. The molecule has 18 heavy (non-hydrogen) atoms. The first-order valence-corrected chi connectivity index (χ1v) is 6.68. The zero-order valence-electron chi connectivity index (χ0n) is 9.97. The van der Waals surface area contributed by atoms with Crippen LogP contribution in [-0.4, -0.2) is 9.97 Å². The molecule has 2 nitrogen and oxygen atoms in total. The highest BCUT2D eigenvalue weighted by atomic mass is 79.9. The van der Waals surface area contributed by atoms with Crippen molar-refractivity contribution in [1.82, 2.24) is 9.97 Å². The largest absolute Gasteiger partial charge is 0.233 e. The molecule has 1 aromatic carbocycles. The van der Waals surface area contributed by atoms with Gasteiger partial charge in [-0.2, -0.15) is 0 Å². The van der Waals surface area contributed by atoms with Crippen molar-refractivity contribution in [3.05, 3.63) is 44.9 Å². The topological polar surface area (TPSA) is 25.8 Å². The summed E-state index contributed by atoms with van der Waals surface area (Å²) in [5.74, 6) is 0.102. The van der Waals surface area contributed by atoms with Crippen LogP contribution in [0.15, 0.2) is 22.7 Å². The molecule has 5 heteroatoms. The molecule has 0 spiro atoms. The maximum absolute atomic E-state index is 13.5. The summed E-state index contributed by atoms with van der Waals surface area (Å²) >= 11 is 9.21. The molecule has 0 atom stereocenters. The molecule has 0 fully saturated rings. The third-order valence-corrected chi connectivity index (χ3v) is 3.65. The molecule has 0 aliphatic heterocycles. The average Bonchev–Trinajstić information content (AvgIpc) is 2.32. The van der Waals surface area contributed by atoms with Crippen LogP contribution in [0.4, 0.5) is 4.39 Å². The highest BCUT2D eigenvalue weighted by molar-refractivity contribution is 9.10. The van der Waals surface area contributed by atoms with Crippen molar-refractivity contribution < 1.29 is 4.39 Å². The molecular weight excluding hydrogens is 319 g/mol. The fourth-order valence-corrected chi connectivity index (χ4v) is 2.32. The third-order valence-electron chi connectivity index (χ3n) is 2.69. The molecule has 0 N–H and O–H groups in total. The zero-order valence-corrected chi connectivity index (χ0v) is 12.3. The number of hydrogen-bond acceptors (Lipinski definition) is 2. The van der Waals surface area contributed by atoms with Gasteiger partial charge in [0.1, 0.15) is 11.0 Å². The molecular formula is C13H11BrClFN2. The summed E-state index contributed by atoms with van der Waals surface area (Å²) in [6.07, 6.45) is 0.777. The van der Waals surface area contributed by atoms with Crippen LogP contribution in [0.1, 0.15) is 18.2 Å². The van der Waals surface area contributed by atoms with Crippen LogP contribution in [0.3, 0.4) is 0 Å². The lowest BCUT2D eigenvalue weighted by atomic mass is 10.1. The van der Waals surface area contributed by atoms with Crippen molar-refractivity contribution >= 4 is 27.5 Å². The summed E-state index contributed by atoms with van der Waals surface area (Å²) in [5, 5.41) is 0.434. The molecule has 2 aromatic rings. The van der Waals surface area contributed by atoms with E-state index in [2.05, 4.69) is 25.9 Å². The quantitative estimate of drug-likeness (QED) is 0.754. The minimum atomic E-state index is -0.343. The second-order valence-corrected chi connectivity index (χ2v) is 5.10. The predicted molar refractivity (Wildman–Crippen MR) is 74.3 cm³/mol. The highest BCUT2D eigenvalue weighted by Gasteiger charge is 2.11. The molecule has 0 amide bonds. The number of aromatic nitrogens is 2. The number of nitrogens with zero attached hydrogens (tertiary/aromatic N) is 2. The van der Waals surface area contributed by atoms with Crippen LogP contribution < -0.4 is 0 Å². The second-order valence-electron chi connectivity index (χ2n) is 3.88. The number of halogens is 3. The van der Waals surface area contributed by atoms with E-state index in [0.717, 1.165) is 17.7 Å². The summed E-state index contributed by atoms with van der Waals surface area (Å²) in [6.45, 7) is 3.88. The lowest BCUT2D eigenvalue weighted by Crippen LogP contribution is -1.99. The SMILES string of the molecule is CCc1c(C)nc(-c2ccc(Br)c(F)c2)nc1Cl. The van der Waals surface area contributed by atoms with Crippen molar-refractivity contribution in [2.45, 2.75) is 20.3 Å². The van der Waals surface area contributed by atoms with Crippen LogP contribution in [0.2, 0.25) is 5.15 Å². The Labute approximate surface area is 118 Å². The van der Waals surface area contributed by atoms with Gasteiger partial charge in [0.25, 0.3) is 0 Å². The van der Waals surface area contributed by atoms with Crippen LogP contribution in [0.25, 0.3) is 11.4 Å². The van der Waals surface area contributed by atoms with E-state index in [1.165, 1.54) is 6.07 Å². The second kappa shape index (κ2) is 5.33. The van der Waals surface area contributed by atoms with Crippen LogP contribution >= 0.6 is 27.5 Å². The normalized spacial score (nSPS) is 10.7. The predicted octanol–water partition coefficient (Wildman–Crippen LogP) is 4.57. The van der Waals surface area contributed by atoms with Gasteiger partial charge in [-0.25, -0.2) is 14.4 Å². The molecule has 1 heterocycles. The Balaban J connectivity index is 2.54. The number of rotatable bonds is 2. The standard InChI is InChI=1S/C13H11BrClFN2/c1-3-9-7(2)17-13(18-12(9)15)8-4-5-10(14)11(16)6-8/h4-6H,3H2,1-2H3. The van der Waals surface area contributed by atoms with Gasteiger partial charge in [-0.05, 0) is 47.5 Å². The summed E-state index contributed by atoms with van der Waals surface area (Å²) in [5.41, 5.74) is 2.37. The van der Waals surface area contributed by atoms with Gasteiger partial charge in [-0.3, -0.25) is 0 Å². The van der Waals surface area contributed by atoms with Crippen LogP contribution in [0, 0.1) is 12.7 Å². The van der Waals surface area contributed by atoms with Gasteiger partial charge >= 0.3 is 0 Å². The maximum atomic E-state index is 13.5. The van der Waals surface area contributed by atoms with Crippen LogP contribution in [0.5, 0.6) is 0 Å². The lowest BCUT2D eigenvalue weighted by Gasteiger charge is -2.08. The van der Waals surface area contributed by atoms with E-state index in [1.807, 2.05) is 13.8 Å². The third kappa shape index (κ3) is 2.54. The van der Waals surface area contributed by atoms with E-state index in [-0.39, 0.29) is 5.82 Å². The Morgan fingerprint density at radius 2 is 2.06 bits per heavy atom. The lowest BCUT2D eigenvalue weighted by molar-refractivity contribution is 0.621. The smallest absolute Gasteiger partial charge is 0.161 e. The van der Waals surface area contributed by atoms with Crippen molar-refractivity contribution in [1.29, 1.82) is 0 Å². The molecule has 0 saturated carbocycles. The minimum Gasteiger partial charge on any atom is -0.233 e. The van der Waals surface area contributed by atoms with E-state index in [9.17, 15) is 4.39 Å². The molecule has 1 aromatic heterocycles. The van der Waals surface area contributed by atoms with E-state index in [0.29, 0.717) is 21.0 Å². The summed E-state index contributed by atoms with van der Waals surface area (Å²) in [7, 11) is 0. The maximum Gasteiger partial charge on any atom is 0.161 e. The molecule has 0 unspecified atom stereocenters. The summed E-state index contributed by atoms with van der Waals surface area (Å²) < 4.78 is 13.9. The van der Waals surface area contributed by atoms with Crippen molar-refractivity contribution in [3.63, 3.8) is 0 Å². The van der Waals surface area contributed by atoms with Gasteiger partial charge in [0, 0.05) is 16.8 Å². The number of hydrogen-bond donors (Lipinski definition) is 0. The molecule has 0 bridgehead atoms. The Morgan fingerprint density at radius 3 is 2.61 bits per heavy atom. The fraction of sp³-hybridized carbons (Fsp3) is 0.231. The number of benzene rings is 1. The monoisotopic (exact) mass is 328 g/mol. The molecule has 0 saturated heterocycles. The molecule has 0 aliphatic carbocycles. The molecule has 0 radical (unpaired) electrons. The molecule has 2 rings (SSSR count). The summed E-state index contributed by atoms with van der Waals surface area (Å²) in [4.78, 5) is 8.59. The van der Waals surface area contributed by atoms with Crippen molar-refractivity contribution in [2.24, 2.45) is 0 Å². The van der Waals surface area contributed by atoms with E-state index >= 15 is 0 Å². The average molecular weight is 330 g/mol. The highest BCUT2D eigenvalue weighted by Crippen LogP contribution is 2.25. The van der Waals surface area contributed by atoms with Crippen LogP contribution in [-0.2, 0) is 6.42 Å². The first-order valence-electron chi connectivity index (χ1n) is 5.51. The molecule has 0 aliphatic rings. The van der Waals surface area contributed by atoms with Crippen molar-refractivity contribution in [3.8, 4) is 11.4 Å². The minimum absolute atomic E-state index is 0.343. The van der Waals surface area contributed by atoms with Gasteiger partial charge in [-0.15, -0.1) is 0 Å². The van der Waals surface area contributed by atoms with E-state index < -0.39 is 0 Å². The molecule has 94 valence electrons. The Bertz CT molecular complexity index is 579. The zero-order chi connectivity index (χ0) is 13.3. The van der Waals surface area contributed by atoms with Gasteiger partial charge in [-0.1, -0.05) is 18.5 Å². The van der Waals surface area contributed by atoms with Gasteiger partial charge in [0.15, 0.2) is 5.82 Å². The fourth-order valence-electron chi connectivity index (χ4n) is 1.73. The summed E-state index contributed by atoms with van der Waals surface area (Å²) in [6, 6.07) is 4.77. The van der Waals surface area contributed by atoms with E-state index in [1.54, 1.807) is 12.1 Å². The van der Waals surface area contributed by atoms with Crippen molar-refractivity contribution in [2.75, 3.05) is 0 Å². The van der Waals surface area contributed by atoms with Gasteiger partial charge < -0.3 is 0 Å². The number of aryl methyl sites for hydroxylation is 1. The first-order chi connectivity index (χ1) is 8.52. The Hall–Kier alpha value is -1.00. The van der Waals surface area contributed by atoms with Gasteiger partial charge in [0.05, 0.1) is 4.47 Å². The van der Waals surface area contributed by atoms with Gasteiger partial charge in [0.2, 0.25) is 0 Å².